The second kappa shape index (κ2) is 7.62. The summed E-state index contributed by atoms with van der Waals surface area (Å²) >= 11 is 0. The van der Waals surface area contributed by atoms with Crippen LogP contribution in [0.2, 0.25) is 0 Å². The molecule has 0 N–H and O–H groups in total. The summed E-state index contributed by atoms with van der Waals surface area (Å²) in [6, 6.07) is 6.11. The molecule has 0 amide bonds. The Hall–Kier alpha value is -1.97. The van der Waals surface area contributed by atoms with Gasteiger partial charge in [-0.3, -0.25) is 4.99 Å². The fourth-order valence-electron chi connectivity index (χ4n) is 5.03. The van der Waals surface area contributed by atoms with E-state index in [1.54, 1.807) is 0 Å². The van der Waals surface area contributed by atoms with Crippen molar-refractivity contribution >= 4 is 11.4 Å². The highest BCUT2D eigenvalue weighted by molar-refractivity contribution is 5.87. The first-order valence-electron chi connectivity index (χ1n) is 11.3. The molecule has 1 aliphatic heterocycles. The molecule has 162 valence electrons. The van der Waals surface area contributed by atoms with Crippen molar-refractivity contribution < 1.29 is 8.78 Å². The van der Waals surface area contributed by atoms with Crippen LogP contribution in [0.25, 0.3) is 5.70 Å². The van der Waals surface area contributed by atoms with E-state index in [1.165, 1.54) is 30.7 Å². The summed E-state index contributed by atoms with van der Waals surface area (Å²) in [7, 11) is 0. The van der Waals surface area contributed by atoms with E-state index in [0.29, 0.717) is 18.3 Å². The maximum absolute atomic E-state index is 13.5. The lowest BCUT2D eigenvalue weighted by Gasteiger charge is -2.27. The van der Waals surface area contributed by atoms with Crippen LogP contribution in [-0.2, 0) is 6.42 Å². The maximum Gasteiger partial charge on any atom is 0.245 e. The number of allylic oxidation sites excluding steroid dienone is 1. The van der Waals surface area contributed by atoms with E-state index in [0.717, 1.165) is 42.4 Å². The molecule has 2 saturated carbocycles. The summed E-state index contributed by atoms with van der Waals surface area (Å²) in [6.45, 7) is 13.6. The number of hydrogen-bond donors (Lipinski definition) is 0. The average molecular weight is 413 g/mol. The number of aliphatic imine (C=N–C) groups is 1. The molecular formula is C26H34F2N2. The Morgan fingerprint density at radius 3 is 2.73 bits per heavy atom. The summed E-state index contributed by atoms with van der Waals surface area (Å²) in [6.07, 6.45) is 6.17. The van der Waals surface area contributed by atoms with Crippen molar-refractivity contribution in [2.24, 2.45) is 22.2 Å². The van der Waals surface area contributed by atoms with Crippen molar-refractivity contribution in [1.82, 2.24) is 4.90 Å². The first kappa shape index (κ1) is 21.3. The molecule has 4 rings (SSSR count). The van der Waals surface area contributed by atoms with E-state index in [1.807, 2.05) is 19.1 Å². The van der Waals surface area contributed by atoms with Crippen LogP contribution in [0.1, 0.15) is 63.1 Å². The van der Waals surface area contributed by atoms with E-state index in [-0.39, 0.29) is 11.8 Å². The third-order valence-corrected chi connectivity index (χ3v) is 7.19. The van der Waals surface area contributed by atoms with Crippen LogP contribution in [0.3, 0.4) is 0 Å². The van der Waals surface area contributed by atoms with E-state index in [2.05, 4.69) is 37.5 Å². The van der Waals surface area contributed by atoms with Crippen molar-refractivity contribution in [3.8, 4) is 0 Å². The molecular weight excluding hydrogens is 378 g/mol. The Morgan fingerprint density at radius 2 is 2.10 bits per heavy atom. The number of aryl methyl sites for hydroxylation is 2. The monoisotopic (exact) mass is 412 g/mol. The standard InChI is InChI=1S/C26H34F2N2/c1-6-24(29-18(3)20-9-10-20)26-14-22(26)15-30(16-26)19(4)23-13-17(2)7-8-21(23)11-12-25(5,27)28/h6-8,13,20,22H,4,9-12,14-16H2,1-3,5H3/b24-6-,29-18?. The molecule has 1 heterocycles. The first-order valence-corrected chi connectivity index (χ1v) is 11.3. The molecule has 1 aromatic carbocycles. The van der Waals surface area contributed by atoms with Gasteiger partial charge < -0.3 is 4.90 Å². The van der Waals surface area contributed by atoms with Crippen molar-refractivity contribution in [1.29, 1.82) is 0 Å². The third kappa shape index (κ3) is 4.24. The zero-order valence-corrected chi connectivity index (χ0v) is 18.8. The smallest absolute Gasteiger partial charge is 0.245 e. The van der Waals surface area contributed by atoms with Gasteiger partial charge in [-0.1, -0.05) is 30.4 Å². The van der Waals surface area contributed by atoms with Gasteiger partial charge in [0.2, 0.25) is 5.92 Å². The quantitative estimate of drug-likeness (QED) is 0.436. The van der Waals surface area contributed by atoms with Gasteiger partial charge in [-0.15, -0.1) is 0 Å². The summed E-state index contributed by atoms with van der Waals surface area (Å²) < 4.78 is 26.9. The minimum Gasteiger partial charge on any atom is -0.370 e. The molecule has 0 aromatic heterocycles. The van der Waals surface area contributed by atoms with Gasteiger partial charge in [-0.25, -0.2) is 8.78 Å². The van der Waals surface area contributed by atoms with Crippen molar-refractivity contribution in [3.05, 3.63) is 53.2 Å². The van der Waals surface area contributed by atoms with E-state index in [4.69, 9.17) is 4.99 Å². The van der Waals surface area contributed by atoms with Gasteiger partial charge in [-0.2, -0.15) is 0 Å². The number of hydrogen-bond acceptors (Lipinski definition) is 2. The lowest BCUT2D eigenvalue weighted by Crippen LogP contribution is -2.25. The predicted octanol–water partition coefficient (Wildman–Crippen LogP) is 6.65. The second-order valence-corrected chi connectivity index (χ2v) is 9.82. The molecule has 2 atom stereocenters. The van der Waals surface area contributed by atoms with E-state index in [9.17, 15) is 8.78 Å². The highest BCUT2D eigenvalue weighted by Crippen LogP contribution is 2.63. The minimum absolute atomic E-state index is 0.138. The molecule has 0 spiro atoms. The first-order chi connectivity index (χ1) is 14.1. The number of benzene rings is 1. The Bertz CT molecular complexity index is 904. The topological polar surface area (TPSA) is 15.6 Å². The molecule has 1 saturated heterocycles. The molecule has 3 aliphatic rings. The maximum atomic E-state index is 13.5. The van der Waals surface area contributed by atoms with Gasteiger partial charge in [0.25, 0.3) is 0 Å². The van der Waals surface area contributed by atoms with Gasteiger partial charge in [0.05, 0.1) is 0 Å². The van der Waals surface area contributed by atoms with Gasteiger partial charge in [0.1, 0.15) is 0 Å². The highest BCUT2D eigenvalue weighted by atomic mass is 19.3. The van der Waals surface area contributed by atoms with Gasteiger partial charge in [0.15, 0.2) is 0 Å². The SMILES string of the molecule is C=C(c1cc(C)ccc1CCC(C)(F)F)N1CC2CC2(/C(=C/C)N=C(C)C2CC2)C1. The number of halogens is 2. The van der Waals surface area contributed by atoms with Crippen LogP contribution < -0.4 is 0 Å². The summed E-state index contributed by atoms with van der Waals surface area (Å²) in [5.41, 5.74) is 6.76. The summed E-state index contributed by atoms with van der Waals surface area (Å²) in [4.78, 5) is 7.41. The number of fused-ring (bicyclic) bond motifs is 1. The Morgan fingerprint density at radius 1 is 1.37 bits per heavy atom. The molecule has 2 unspecified atom stereocenters. The molecule has 2 aliphatic carbocycles. The molecule has 0 bridgehead atoms. The van der Waals surface area contributed by atoms with Gasteiger partial charge in [-0.05, 0) is 76.8 Å². The molecule has 0 radical (unpaired) electrons. The largest absolute Gasteiger partial charge is 0.370 e. The van der Waals surface area contributed by atoms with Crippen LogP contribution >= 0.6 is 0 Å². The van der Waals surface area contributed by atoms with Gasteiger partial charge in [0, 0.05) is 47.6 Å². The third-order valence-electron chi connectivity index (χ3n) is 7.19. The number of piperidine rings is 1. The van der Waals surface area contributed by atoms with Crippen LogP contribution in [0.5, 0.6) is 0 Å². The lowest BCUT2D eigenvalue weighted by atomic mass is 9.96. The van der Waals surface area contributed by atoms with E-state index >= 15 is 0 Å². The van der Waals surface area contributed by atoms with Gasteiger partial charge >= 0.3 is 0 Å². The highest BCUT2D eigenvalue weighted by Gasteiger charge is 2.62. The van der Waals surface area contributed by atoms with Crippen LogP contribution in [-0.4, -0.2) is 29.6 Å². The average Bonchev–Trinajstić information content (AvgIpc) is 3.61. The zero-order chi connectivity index (χ0) is 21.7. The number of nitrogens with zero attached hydrogens (tertiary/aromatic N) is 2. The number of likely N-dealkylation sites (tertiary alicyclic amines) is 1. The predicted molar refractivity (Wildman–Crippen MR) is 121 cm³/mol. The molecule has 30 heavy (non-hydrogen) atoms. The molecule has 2 nitrogen and oxygen atoms in total. The Labute approximate surface area is 179 Å². The minimum atomic E-state index is -2.65. The van der Waals surface area contributed by atoms with Crippen molar-refractivity contribution in [2.45, 2.75) is 65.7 Å². The van der Waals surface area contributed by atoms with Crippen molar-refractivity contribution in [2.75, 3.05) is 13.1 Å². The second-order valence-electron chi connectivity index (χ2n) is 9.82. The Kier molecular flexibility index (Phi) is 5.40. The molecule has 1 aromatic rings. The van der Waals surface area contributed by atoms with Crippen LogP contribution in [0.4, 0.5) is 8.78 Å². The normalized spacial score (nSPS) is 26.7. The fourth-order valence-corrected chi connectivity index (χ4v) is 5.03. The fraction of sp³-hybridized carbons (Fsp3) is 0.577. The lowest BCUT2D eigenvalue weighted by molar-refractivity contribution is 0.0133. The molecule has 3 fully saturated rings. The zero-order valence-electron chi connectivity index (χ0n) is 18.8. The summed E-state index contributed by atoms with van der Waals surface area (Å²) in [5, 5.41) is 0. The number of alkyl halides is 2. The Balaban J connectivity index is 1.52. The summed E-state index contributed by atoms with van der Waals surface area (Å²) in [5.74, 6) is -1.35. The van der Waals surface area contributed by atoms with Crippen LogP contribution in [0, 0.1) is 24.2 Å². The van der Waals surface area contributed by atoms with E-state index < -0.39 is 5.92 Å². The van der Waals surface area contributed by atoms with Crippen molar-refractivity contribution in [3.63, 3.8) is 0 Å². The molecule has 4 heteroatoms. The number of rotatable bonds is 8. The van der Waals surface area contributed by atoms with Crippen LogP contribution in [0.15, 0.2) is 41.5 Å².